The molecule has 0 aliphatic rings. The SMILES string of the molecule is O=C(Nc1cc(Cl)ccc1[N+](=O)[O-])c1c[nH]c(=O)n(Cc2ccco2)c1=O. The van der Waals surface area contributed by atoms with E-state index in [0.29, 0.717) is 5.76 Å². The highest BCUT2D eigenvalue weighted by Gasteiger charge is 2.20. The molecule has 2 heterocycles. The van der Waals surface area contributed by atoms with Crippen LogP contribution in [0.2, 0.25) is 5.02 Å². The third-order valence-corrected chi connectivity index (χ3v) is 3.84. The van der Waals surface area contributed by atoms with Crippen molar-refractivity contribution >= 4 is 28.9 Å². The van der Waals surface area contributed by atoms with Crippen LogP contribution in [-0.2, 0) is 6.54 Å². The van der Waals surface area contributed by atoms with Crippen molar-refractivity contribution in [1.29, 1.82) is 0 Å². The number of carbonyl (C=O) groups excluding carboxylic acids is 1. The number of hydrogen-bond acceptors (Lipinski definition) is 6. The van der Waals surface area contributed by atoms with Crippen molar-refractivity contribution in [3.8, 4) is 0 Å². The van der Waals surface area contributed by atoms with Crippen molar-refractivity contribution in [2.24, 2.45) is 0 Å². The second-order valence-electron chi connectivity index (χ2n) is 5.35. The normalized spacial score (nSPS) is 10.6. The Labute approximate surface area is 155 Å². The number of nitro groups is 1. The summed E-state index contributed by atoms with van der Waals surface area (Å²) in [5.74, 6) is -0.597. The van der Waals surface area contributed by atoms with Crippen LogP contribution in [0, 0.1) is 10.1 Å². The fourth-order valence-electron chi connectivity index (χ4n) is 2.33. The van der Waals surface area contributed by atoms with Gasteiger partial charge in [0.2, 0.25) is 0 Å². The maximum atomic E-state index is 12.5. The van der Waals surface area contributed by atoms with Crippen molar-refractivity contribution in [2.45, 2.75) is 6.54 Å². The molecule has 2 N–H and O–H groups in total. The van der Waals surface area contributed by atoms with Crippen molar-refractivity contribution in [1.82, 2.24) is 9.55 Å². The first kappa shape index (κ1) is 18.1. The van der Waals surface area contributed by atoms with Crippen molar-refractivity contribution in [3.63, 3.8) is 0 Å². The number of carbonyl (C=O) groups is 1. The molecule has 0 aliphatic carbocycles. The van der Waals surface area contributed by atoms with Gasteiger partial charge in [-0.1, -0.05) is 11.6 Å². The molecule has 0 bridgehead atoms. The van der Waals surface area contributed by atoms with E-state index in [-0.39, 0.29) is 17.3 Å². The zero-order valence-corrected chi connectivity index (χ0v) is 14.2. The van der Waals surface area contributed by atoms with Gasteiger partial charge in [-0.25, -0.2) is 4.79 Å². The van der Waals surface area contributed by atoms with E-state index in [4.69, 9.17) is 16.0 Å². The summed E-state index contributed by atoms with van der Waals surface area (Å²) in [6.45, 7) is -0.181. The molecule has 2 aromatic heterocycles. The van der Waals surface area contributed by atoms with Crippen LogP contribution in [-0.4, -0.2) is 20.4 Å². The van der Waals surface area contributed by atoms with Crippen molar-refractivity contribution < 1.29 is 14.1 Å². The number of hydrogen-bond donors (Lipinski definition) is 2. The minimum absolute atomic E-state index is 0.160. The summed E-state index contributed by atoms with van der Waals surface area (Å²) in [6.07, 6.45) is 2.32. The van der Waals surface area contributed by atoms with Gasteiger partial charge in [-0.3, -0.25) is 24.3 Å². The van der Waals surface area contributed by atoms with Crippen molar-refractivity contribution in [2.75, 3.05) is 5.32 Å². The summed E-state index contributed by atoms with van der Waals surface area (Å²) < 4.78 is 5.87. The third kappa shape index (κ3) is 3.80. The molecule has 27 heavy (non-hydrogen) atoms. The average Bonchev–Trinajstić information content (AvgIpc) is 3.11. The predicted molar refractivity (Wildman–Crippen MR) is 95.2 cm³/mol. The van der Waals surface area contributed by atoms with E-state index in [2.05, 4.69) is 10.3 Å². The number of rotatable bonds is 5. The maximum absolute atomic E-state index is 12.5. The van der Waals surface area contributed by atoms with Gasteiger partial charge in [-0.2, -0.15) is 0 Å². The van der Waals surface area contributed by atoms with Gasteiger partial charge in [0.15, 0.2) is 0 Å². The molecule has 0 saturated carbocycles. The number of nitrogens with one attached hydrogen (secondary N) is 2. The zero-order valence-electron chi connectivity index (χ0n) is 13.5. The summed E-state index contributed by atoms with van der Waals surface area (Å²) in [5.41, 5.74) is -2.59. The fourth-order valence-corrected chi connectivity index (χ4v) is 2.51. The highest BCUT2D eigenvalue weighted by Crippen LogP contribution is 2.27. The van der Waals surface area contributed by atoms with Crippen LogP contribution in [0.4, 0.5) is 11.4 Å². The topological polar surface area (TPSA) is 140 Å². The molecule has 0 fully saturated rings. The first-order valence-corrected chi connectivity index (χ1v) is 7.85. The number of H-pyrrole nitrogens is 1. The van der Waals surface area contributed by atoms with Crippen LogP contribution in [0.3, 0.4) is 0 Å². The van der Waals surface area contributed by atoms with Crippen LogP contribution in [0.15, 0.2) is 56.8 Å². The van der Waals surface area contributed by atoms with E-state index in [9.17, 15) is 24.5 Å². The average molecular weight is 391 g/mol. The lowest BCUT2D eigenvalue weighted by molar-refractivity contribution is -0.383. The van der Waals surface area contributed by atoms with E-state index in [1.807, 2.05) is 0 Å². The number of aromatic nitrogens is 2. The summed E-state index contributed by atoms with van der Waals surface area (Å²) in [4.78, 5) is 49.5. The van der Waals surface area contributed by atoms with Crippen LogP contribution < -0.4 is 16.6 Å². The Balaban J connectivity index is 1.97. The summed E-state index contributed by atoms with van der Waals surface area (Å²) in [5, 5.41) is 13.5. The number of benzene rings is 1. The Morgan fingerprint density at radius 3 is 2.78 bits per heavy atom. The monoisotopic (exact) mass is 390 g/mol. The van der Waals surface area contributed by atoms with Gasteiger partial charge in [0, 0.05) is 17.3 Å². The second kappa shape index (κ2) is 7.30. The predicted octanol–water partition coefficient (Wildman–Crippen LogP) is 1.99. The minimum atomic E-state index is -0.935. The van der Waals surface area contributed by atoms with Gasteiger partial charge in [0.25, 0.3) is 17.2 Å². The van der Waals surface area contributed by atoms with Crippen molar-refractivity contribution in [3.05, 3.63) is 90.1 Å². The second-order valence-corrected chi connectivity index (χ2v) is 5.79. The summed E-state index contributed by atoms with van der Waals surface area (Å²) in [6, 6.07) is 6.76. The number of furan rings is 1. The Bertz CT molecular complexity index is 1130. The molecule has 138 valence electrons. The van der Waals surface area contributed by atoms with Gasteiger partial charge >= 0.3 is 5.69 Å². The van der Waals surface area contributed by atoms with Gasteiger partial charge in [-0.15, -0.1) is 0 Å². The van der Waals surface area contributed by atoms with E-state index in [1.54, 1.807) is 12.1 Å². The number of amides is 1. The van der Waals surface area contributed by atoms with Crippen LogP contribution in [0.25, 0.3) is 0 Å². The molecule has 10 nitrogen and oxygen atoms in total. The summed E-state index contributed by atoms with van der Waals surface area (Å²) in [7, 11) is 0. The molecule has 3 aromatic rings. The van der Waals surface area contributed by atoms with Crippen LogP contribution >= 0.6 is 11.6 Å². The highest BCUT2D eigenvalue weighted by atomic mass is 35.5. The Kier molecular flexibility index (Phi) is 4.90. The van der Waals surface area contributed by atoms with Crippen LogP contribution in [0.5, 0.6) is 0 Å². The first-order valence-electron chi connectivity index (χ1n) is 7.47. The zero-order chi connectivity index (χ0) is 19.6. The van der Waals surface area contributed by atoms with Gasteiger partial charge < -0.3 is 14.7 Å². The van der Waals surface area contributed by atoms with E-state index in [0.717, 1.165) is 16.8 Å². The summed E-state index contributed by atoms with van der Waals surface area (Å²) >= 11 is 5.81. The van der Waals surface area contributed by atoms with Crippen LogP contribution in [0.1, 0.15) is 16.1 Å². The first-order chi connectivity index (χ1) is 12.9. The molecule has 1 amide bonds. The largest absolute Gasteiger partial charge is 0.467 e. The van der Waals surface area contributed by atoms with E-state index >= 15 is 0 Å². The molecule has 0 atom stereocenters. The number of aromatic amines is 1. The maximum Gasteiger partial charge on any atom is 0.328 e. The highest BCUT2D eigenvalue weighted by molar-refractivity contribution is 6.31. The van der Waals surface area contributed by atoms with Gasteiger partial charge in [-0.05, 0) is 24.3 Å². The molecule has 0 radical (unpaired) electrons. The molecule has 11 heteroatoms. The number of anilines is 1. The Morgan fingerprint density at radius 1 is 1.33 bits per heavy atom. The smallest absolute Gasteiger partial charge is 0.328 e. The third-order valence-electron chi connectivity index (χ3n) is 3.60. The Morgan fingerprint density at radius 2 is 2.11 bits per heavy atom. The minimum Gasteiger partial charge on any atom is -0.467 e. The van der Waals surface area contributed by atoms with E-state index < -0.39 is 33.3 Å². The molecule has 0 spiro atoms. The lowest BCUT2D eigenvalue weighted by atomic mass is 10.2. The molecule has 1 aromatic carbocycles. The van der Waals surface area contributed by atoms with Gasteiger partial charge in [0.05, 0.1) is 17.7 Å². The van der Waals surface area contributed by atoms with Gasteiger partial charge in [0.1, 0.15) is 17.0 Å². The molecule has 3 rings (SSSR count). The number of halogens is 1. The quantitative estimate of drug-likeness (QED) is 0.504. The molecular weight excluding hydrogens is 380 g/mol. The lowest BCUT2D eigenvalue weighted by Crippen LogP contribution is -2.39. The lowest BCUT2D eigenvalue weighted by Gasteiger charge is -2.08. The molecule has 0 unspecified atom stereocenters. The fraction of sp³-hybridized carbons (Fsp3) is 0.0625. The molecular formula is C16H11ClN4O6. The Hall–Kier alpha value is -3.66. The number of nitrogens with zero attached hydrogens (tertiary/aromatic N) is 2. The number of nitro benzene ring substituents is 1. The molecule has 0 aliphatic heterocycles. The van der Waals surface area contributed by atoms with E-state index in [1.165, 1.54) is 18.4 Å². The molecule has 0 saturated heterocycles. The standard InChI is InChI=1S/C16H11ClN4O6/c17-9-3-4-13(21(25)26)12(6-9)19-14(22)11-7-18-16(24)20(15(11)23)8-10-2-1-5-27-10/h1-7H,8H2,(H,18,24)(H,19,22).